The Morgan fingerprint density at radius 2 is 1.39 bits per heavy atom. The lowest BCUT2D eigenvalue weighted by molar-refractivity contribution is -0.385. The van der Waals surface area contributed by atoms with Crippen LogP contribution in [0.2, 0.25) is 0 Å². The molecule has 0 atom stereocenters. The SMILES string of the molecule is COC(=O)N1CCN(Cc2cccc([N+](=O)[O-])c2)CC1.O=[N+]([O-])c1cccc(CBr)c1.[B]B([B])[B].c1ccncc1. The van der Waals surface area contributed by atoms with Gasteiger partial charge in [-0.05, 0) is 23.3 Å². The van der Waals surface area contributed by atoms with Gasteiger partial charge in [-0.2, -0.15) is 0 Å². The van der Waals surface area contributed by atoms with Crippen molar-refractivity contribution >= 4 is 63.0 Å². The molecule has 1 aliphatic rings. The van der Waals surface area contributed by atoms with E-state index in [1.807, 2.05) is 30.3 Å². The first-order chi connectivity index (χ1) is 19.6. The topological polar surface area (TPSA) is 132 Å². The van der Waals surface area contributed by atoms with Gasteiger partial charge in [0.25, 0.3) is 11.4 Å². The van der Waals surface area contributed by atoms with Crippen LogP contribution in [0.3, 0.4) is 0 Å². The lowest BCUT2D eigenvalue weighted by Gasteiger charge is -2.33. The smallest absolute Gasteiger partial charge is 0.409 e. The second-order valence-electron chi connectivity index (χ2n) is 8.32. The first-order valence-corrected chi connectivity index (χ1v) is 13.4. The number of carbonyl (C=O) groups is 1. The van der Waals surface area contributed by atoms with Gasteiger partial charge in [0.05, 0.1) is 17.0 Å². The number of halogens is 1. The number of hydrogen-bond acceptors (Lipinski definition) is 8. The number of hydrogen-bond donors (Lipinski definition) is 0. The van der Waals surface area contributed by atoms with Crippen molar-refractivity contribution in [1.82, 2.24) is 14.8 Å². The standard InChI is InChI=1S/C13H17N3O4.C7H6BrNO2.C5H5N.B4/c1-20-13(17)15-7-5-14(6-8-15)10-11-3-2-4-12(9-11)16(18)19;8-5-6-2-1-3-7(4-6)9(10)11;1-2-4-6-5-3-1;1-4(2)3/h2-4,9H,5-8,10H2,1H3;1-4H,5H2;1-5H;. The molecule has 1 saturated heterocycles. The lowest BCUT2D eigenvalue weighted by atomic mass is 9.08. The minimum absolute atomic E-state index is 0.107. The fourth-order valence-corrected chi connectivity index (χ4v) is 3.66. The van der Waals surface area contributed by atoms with E-state index in [9.17, 15) is 25.0 Å². The van der Waals surface area contributed by atoms with Gasteiger partial charge in [0.15, 0.2) is 0 Å². The minimum atomic E-state index is -0.667. The number of methoxy groups -OCH3 is 1. The van der Waals surface area contributed by atoms with Crippen molar-refractivity contribution in [2.45, 2.75) is 11.9 Å². The fourth-order valence-electron chi connectivity index (χ4n) is 3.31. The first-order valence-electron chi connectivity index (χ1n) is 12.3. The molecule has 1 aromatic heterocycles. The molecule has 41 heavy (non-hydrogen) atoms. The number of pyridine rings is 1. The average Bonchev–Trinajstić information content (AvgIpc) is 2.98. The van der Waals surface area contributed by atoms with E-state index in [1.54, 1.807) is 41.6 Å². The molecule has 0 unspecified atom stereocenters. The minimum Gasteiger partial charge on any atom is -0.453 e. The summed E-state index contributed by atoms with van der Waals surface area (Å²) in [7, 11) is 15.4. The number of rotatable bonds is 5. The van der Waals surface area contributed by atoms with Crippen LogP contribution in [0, 0.1) is 20.2 Å². The third kappa shape index (κ3) is 15.7. The van der Waals surface area contributed by atoms with Crippen molar-refractivity contribution in [2.75, 3.05) is 33.3 Å². The van der Waals surface area contributed by atoms with E-state index in [0.29, 0.717) is 25.0 Å². The van der Waals surface area contributed by atoms with E-state index in [-0.39, 0.29) is 17.5 Å². The van der Waals surface area contributed by atoms with Crippen LogP contribution in [0.1, 0.15) is 11.1 Å². The quantitative estimate of drug-likeness (QED) is 0.184. The molecule has 1 fully saturated rings. The third-order valence-corrected chi connectivity index (χ3v) is 5.82. The second-order valence-corrected chi connectivity index (χ2v) is 8.88. The van der Waals surface area contributed by atoms with Gasteiger partial charge in [-0.15, -0.1) is 0 Å². The van der Waals surface area contributed by atoms with Crippen molar-refractivity contribution in [3.63, 3.8) is 0 Å². The molecule has 2 heterocycles. The molecule has 16 heteroatoms. The number of aromatic nitrogens is 1. The average molecular weight is 618 g/mol. The molecule has 0 bridgehead atoms. The van der Waals surface area contributed by atoms with Crippen LogP contribution in [-0.2, 0) is 16.6 Å². The highest BCUT2D eigenvalue weighted by Gasteiger charge is 2.21. The number of nitro benzene ring substituents is 2. The van der Waals surface area contributed by atoms with Crippen molar-refractivity contribution in [3.8, 4) is 0 Å². The monoisotopic (exact) mass is 617 g/mol. The van der Waals surface area contributed by atoms with E-state index in [1.165, 1.54) is 19.2 Å². The van der Waals surface area contributed by atoms with Crippen LogP contribution in [0.15, 0.2) is 79.1 Å². The molecular formula is C25H28B4BrN5O6. The zero-order chi connectivity index (χ0) is 30.6. The fraction of sp³-hybridized carbons (Fsp3) is 0.280. The van der Waals surface area contributed by atoms with E-state index >= 15 is 0 Å². The number of ether oxygens (including phenoxy) is 1. The van der Waals surface area contributed by atoms with Gasteiger partial charge < -0.3 is 9.64 Å². The zero-order valence-corrected chi connectivity index (χ0v) is 24.2. The summed E-state index contributed by atoms with van der Waals surface area (Å²) in [5.74, 6) is 0. The van der Waals surface area contributed by atoms with E-state index in [0.717, 1.165) is 24.2 Å². The normalized spacial score (nSPS) is 12.1. The highest BCUT2D eigenvalue weighted by atomic mass is 79.9. The van der Waals surface area contributed by atoms with Crippen LogP contribution >= 0.6 is 15.9 Å². The van der Waals surface area contributed by atoms with Crippen molar-refractivity contribution in [2.24, 2.45) is 0 Å². The van der Waals surface area contributed by atoms with Gasteiger partial charge in [0.2, 0.25) is 0 Å². The van der Waals surface area contributed by atoms with Crippen LogP contribution in [0.4, 0.5) is 16.2 Å². The number of alkyl halides is 1. The van der Waals surface area contributed by atoms with Crippen LogP contribution in [0.25, 0.3) is 0 Å². The van der Waals surface area contributed by atoms with Crippen LogP contribution in [0.5, 0.6) is 0 Å². The van der Waals surface area contributed by atoms with E-state index in [2.05, 4.69) is 53.8 Å². The molecule has 4 rings (SSSR count). The summed E-state index contributed by atoms with van der Waals surface area (Å²) in [6.45, 7) is 3.34. The summed E-state index contributed by atoms with van der Waals surface area (Å²) in [5.41, 5.74) is 2.07. The van der Waals surface area contributed by atoms with Gasteiger partial charge in [-0.25, -0.2) is 4.79 Å². The number of nitrogens with zero attached hydrogens (tertiary/aromatic N) is 5. The lowest BCUT2D eigenvalue weighted by Crippen LogP contribution is -2.48. The number of nitro groups is 2. The Labute approximate surface area is 252 Å². The largest absolute Gasteiger partial charge is 0.453 e. The molecule has 11 nitrogen and oxygen atoms in total. The summed E-state index contributed by atoms with van der Waals surface area (Å²) in [6, 6.07) is 18.9. The van der Waals surface area contributed by atoms with Gasteiger partial charge in [-0.1, -0.05) is 46.3 Å². The van der Waals surface area contributed by atoms with Crippen LogP contribution in [-0.4, -0.2) is 93.6 Å². The van der Waals surface area contributed by atoms with Gasteiger partial charge >= 0.3 is 6.09 Å². The Bertz CT molecular complexity index is 1180. The molecule has 6 radical (unpaired) electrons. The molecule has 0 N–H and O–H groups in total. The van der Waals surface area contributed by atoms with E-state index in [4.69, 9.17) is 0 Å². The molecule has 1 amide bonds. The molecule has 3 aromatic rings. The van der Waals surface area contributed by atoms with Crippen LogP contribution < -0.4 is 0 Å². The summed E-state index contributed by atoms with van der Waals surface area (Å²) >= 11 is 3.22. The maximum absolute atomic E-state index is 11.4. The summed E-state index contributed by atoms with van der Waals surface area (Å²) in [6.07, 6.45) is 2.53. The number of carbonyl (C=O) groups excluding carboxylic acids is 1. The molecule has 0 spiro atoms. The summed E-state index contributed by atoms with van der Waals surface area (Å²) in [4.78, 5) is 39.2. The van der Waals surface area contributed by atoms with Crippen molar-refractivity contribution in [1.29, 1.82) is 0 Å². The molecule has 0 saturated carbocycles. The zero-order valence-electron chi connectivity index (χ0n) is 22.6. The van der Waals surface area contributed by atoms with Crippen molar-refractivity contribution < 1.29 is 19.4 Å². The first kappa shape index (κ1) is 35.4. The maximum Gasteiger partial charge on any atom is 0.409 e. The number of piperazine rings is 1. The van der Waals surface area contributed by atoms with Gasteiger partial charge in [-0.3, -0.25) is 30.1 Å². The highest BCUT2D eigenvalue weighted by Crippen LogP contribution is 2.16. The Kier molecular flexibility index (Phi) is 17.5. The van der Waals surface area contributed by atoms with E-state index < -0.39 is 16.2 Å². The van der Waals surface area contributed by atoms with Gasteiger partial charge in [0.1, 0.15) is 0 Å². The molecular weight excluding hydrogens is 589 g/mol. The summed E-state index contributed by atoms with van der Waals surface area (Å²) < 4.78 is 4.68. The highest BCUT2D eigenvalue weighted by molar-refractivity contribution is 9.08. The maximum atomic E-state index is 11.4. The number of non-ortho nitro benzene ring substituents is 2. The predicted octanol–water partition coefficient (Wildman–Crippen LogP) is 3.53. The Hall–Kier alpha value is -3.64. The molecule has 0 aliphatic carbocycles. The third-order valence-electron chi connectivity index (χ3n) is 5.17. The Morgan fingerprint density at radius 3 is 1.78 bits per heavy atom. The Balaban J connectivity index is 0.000000332. The Morgan fingerprint density at radius 1 is 0.902 bits per heavy atom. The number of amides is 1. The van der Waals surface area contributed by atoms with Crippen molar-refractivity contribution in [3.05, 3.63) is 110 Å². The second kappa shape index (κ2) is 20.3. The predicted molar refractivity (Wildman–Crippen MR) is 165 cm³/mol. The summed E-state index contributed by atoms with van der Waals surface area (Å²) in [5, 5.41) is 21.6. The number of benzene rings is 2. The molecule has 208 valence electrons. The molecule has 2 aromatic carbocycles. The molecule has 1 aliphatic heterocycles. The van der Waals surface area contributed by atoms with Gasteiger partial charge in [0, 0.05) is 104 Å².